The zero-order valence-electron chi connectivity index (χ0n) is 12.7. The second-order valence-electron chi connectivity index (χ2n) is 5.11. The van der Waals surface area contributed by atoms with Gasteiger partial charge in [0, 0.05) is 17.8 Å². The molecule has 0 bridgehead atoms. The van der Waals surface area contributed by atoms with Crippen LogP contribution in [0, 0.1) is 13.8 Å². The van der Waals surface area contributed by atoms with Gasteiger partial charge in [0.1, 0.15) is 10.7 Å². The van der Waals surface area contributed by atoms with Crippen LogP contribution >= 0.6 is 11.3 Å². The van der Waals surface area contributed by atoms with E-state index in [0.717, 1.165) is 15.3 Å². The molecule has 3 heterocycles. The van der Waals surface area contributed by atoms with E-state index in [4.69, 9.17) is 0 Å². The van der Waals surface area contributed by atoms with E-state index in [1.54, 1.807) is 6.07 Å². The molecular formula is C15H15N5O2S. The number of aromatic amines is 1. The van der Waals surface area contributed by atoms with Crippen LogP contribution in [0.2, 0.25) is 0 Å². The van der Waals surface area contributed by atoms with Crippen molar-refractivity contribution in [1.82, 2.24) is 25.5 Å². The largest absolute Gasteiger partial charge is 0.352 e. The van der Waals surface area contributed by atoms with E-state index in [1.807, 2.05) is 13.8 Å². The minimum absolute atomic E-state index is 0.128. The molecule has 23 heavy (non-hydrogen) atoms. The summed E-state index contributed by atoms with van der Waals surface area (Å²) < 4.78 is 0. The SMILES string of the molecule is Cc1sc2nc(CCNC(=O)c3ccnnc3)[nH]c(=O)c2c1C. The van der Waals surface area contributed by atoms with Crippen molar-refractivity contribution in [1.29, 1.82) is 0 Å². The molecule has 3 rings (SSSR count). The number of rotatable bonds is 4. The Balaban J connectivity index is 1.70. The van der Waals surface area contributed by atoms with E-state index in [1.165, 1.54) is 23.7 Å². The molecule has 118 valence electrons. The molecule has 0 fully saturated rings. The van der Waals surface area contributed by atoms with Crippen LogP contribution in [0.5, 0.6) is 0 Å². The second kappa shape index (κ2) is 6.25. The summed E-state index contributed by atoms with van der Waals surface area (Å²) in [6, 6.07) is 1.59. The zero-order chi connectivity index (χ0) is 16.4. The monoisotopic (exact) mass is 329 g/mol. The van der Waals surface area contributed by atoms with Gasteiger partial charge in [0.05, 0.1) is 23.3 Å². The highest BCUT2D eigenvalue weighted by Gasteiger charge is 2.12. The molecule has 0 saturated heterocycles. The third-order valence-corrected chi connectivity index (χ3v) is 4.68. The van der Waals surface area contributed by atoms with Gasteiger partial charge in [-0.2, -0.15) is 10.2 Å². The highest BCUT2D eigenvalue weighted by atomic mass is 32.1. The first-order chi connectivity index (χ1) is 11.1. The highest BCUT2D eigenvalue weighted by Crippen LogP contribution is 2.25. The third kappa shape index (κ3) is 3.11. The van der Waals surface area contributed by atoms with Crippen LogP contribution in [0.3, 0.4) is 0 Å². The van der Waals surface area contributed by atoms with Crippen molar-refractivity contribution in [2.45, 2.75) is 20.3 Å². The second-order valence-corrected chi connectivity index (χ2v) is 6.32. The lowest BCUT2D eigenvalue weighted by Gasteiger charge is -2.04. The Morgan fingerprint density at radius 3 is 2.91 bits per heavy atom. The molecule has 0 radical (unpaired) electrons. The number of aryl methyl sites for hydroxylation is 2. The van der Waals surface area contributed by atoms with E-state index >= 15 is 0 Å². The van der Waals surface area contributed by atoms with Crippen molar-refractivity contribution in [3.8, 4) is 0 Å². The molecule has 2 N–H and O–H groups in total. The van der Waals surface area contributed by atoms with E-state index in [0.29, 0.717) is 29.7 Å². The first kappa shape index (κ1) is 15.3. The maximum Gasteiger partial charge on any atom is 0.259 e. The molecule has 0 aliphatic carbocycles. The topological polar surface area (TPSA) is 101 Å². The predicted octanol–water partition coefficient (Wildman–Crippen LogP) is 1.36. The zero-order valence-corrected chi connectivity index (χ0v) is 13.5. The molecule has 8 heteroatoms. The van der Waals surface area contributed by atoms with Crippen LogP contribution in [0.25, 0.3) is 10.2 Å². The Morgan fingerprint density at radius 2 is 2.17 bits per heavy atom. The number of thiophene rings is 1. The van der Waals surface area contributed by atoms with Crippen LogP contribution in [0.4, 0.5) is 0 Å². The molecule has 0 aliphatic rings. The summed E-state index contributed by atoms with van der Waals surface area (Å²) in [5, 5.41) is 10.7. The number of hydrogen-bond donors (Lipinski definition) is 2. The smallest absolute Gasteiger partial charge is 0.259 e. The molecule has 1 amide bonds. The fourth-order valence-corrected chi connectivity index (χ4v) is 3.29. The van der Waals surface area contributed by atoms with Gasteiger partial charge in [-0.3, -0.25) is 9.59 Å². The van der Waals surface area contributed by atoms with Gasteiger partial charge in [-0.15, -0.1) is 11.3 Å². The summed E-state index contributed by atoms with van der Waals surface area (Å²) in [4.78, 5) is 33.1. The number of amides is 1. The maximum atomic E-state index is 12.2. The number of fused-ring (bicyclic) bond motifs is 1. The van der Waals surface area contributed by atoms with Gasteiger partial charge in [-0.25, -0.2) is 4.98 Å². The van der Waals surface area contributed by atoms with Gasteiger partial charge in [-0.1, -0.05) is 0 Å². The van der Waals surface area contributed by atoms with Gasteiger partial charge >= 0.3 is 0 Å². The quantitative estimate of drug-likeness (QED) is 0.753. The Bertz CT molecular complexity index is 917. The van der Waals surface area contributed by atoms with Crippen molar-refractivity contribution in [2.75, 3.05) is 6.54 Å². The molecule has 0 saturated carbocycles. The average molecular weight is 329 g/mol. The number of nitrogens with zero attached hydrogens (tertiary/aromatic N) is 3. The first-order valence-electron chi connectivity index (χ1n) is 7.10. The van der Waals surface area contributed by atoms with Gasteiger partial charge in [-0.05, 0) is 25.5 Å². The first-order valence-corrected chi connectivity index (χ1v) is 7.91. The Kier molecular flexibility index (Phi) is 4.16. The molecule has 0 spiro atoms. The van der Waals surface area contributed by atoms with Gasteiger partial charge in [0.15, 0.2) is 0 Å². The number of aromatic nitrogens is 4. The van der Waals surface area contributed by atoms with E-state index < -0.39 is 0 Å². The van der Waals surface area contributed by atoms with Gasteiger partial charge in [0.25, 0.3) is 11.5 Å². The summed E-state index contributed by atoms with van der Waals surface area (Å²) in [5.41, 5.74) is 1.29. The summed E-state index contributed by atoms with van der Waals surface area (Å²) in [6.45, 7) is 4.27. The summed E-state index contributed by atoms with van der Waals surface area (Å²) >= 11 is 1.51. The van der Waals surface area contributed by atoms with Gasteiger partial charge < -0.3 is 10.3 Å². The highest BCUT2D eigenvalue weighted by molar-refractivity contribution is 7.18. The Hall–Kier alpha value is -2.61. The summed E-state index contributed by atoms with van der Waals surface area (Å²) in [5.74, 6) is 0.336. The predicted molar refractivity (Wildman–Crippen MR) is 87.8 cm³/mol. The molecule has 3 aromatic heterocycles. The number of carbonyl (C=O) groups excluding carboxylic acids is 1. The molecule has 7 nitrogen and oxygen atoms in total. The minimum atomic E-state index is -0.230. The average Bonchev–Trinajstić information content (AvgIpc) is 2.83. The van der Waals surface area contributed by atoms with Crippen molar-refractivity contribution < 1.29 is 4.79 Å². The molecule has 3 aromatic rings. The molecule has 0 aliphatic heterocycles. The molecule has 0 unspecified atom stereocenters. The van der Waals surface area contributed by atoms with Crippen molar-refractivity contribution >= 4 is 27.5 Å². The number of H-pyrrole nitrogens is 1. The fraction of sp³-hybridized carbons (Fsp3) is 0.267. The van der Waals surface area contributed by atoms with Crippen molar-refractivity contribution in [3.63, 3.8) is 0 Å². The lowest BCUT2D eigenvalue weighted by molar-refractivity contribution is 0.0953. The lowest BCUT2D eigenvalue weighted by atomic mass is 10.2. The minimum Gasteiger partial charge on any atom is -0.352 e. The third-order valence-electron chi connectivity index (χ3n) is 3.58. The van der Waals surface area contributed by atoms with E-state index in [-0.39, 0.29) is 11.5 Å². The van der Waals surface area contributed by atoms with Crippen LogP contribution in [-0.4, -0.2) is 32.6 Å². The van der Waals surface area contributed by atoms with E-state index in [9.17, 15) is 9.59 Å². The Morgan fingerprint density at radius 1 is 1.35 bits per heavy atom. The van der Waals surface area contributed by atoms with Crippen molar-refractivity contribution in [3.05, 3.63) is 50.6 Å². The Labute approximate surface area is 135 Å². The normalized spacial score (nSPS) is 10.9. The maximum absolute atomic E-state index is 12.2. The summed E-state index contributed by atoms with van der Waals surface area (Å²) in [7, 11) is 0. The fourth-order valence-electron chi connectivity index (χ4n) is 2.24. The number of hydrogen-bond acceptors (Lipinski definition) is 6. The molecular weight excluding hydrogens is 314 g/mol. The van der Waals surface area contributed by atoms with Crippen LogP contribution in [-0.2, 0) is 6.42 Å². The van der Waals surface area contributed by atoms with Crippen LogP contribution < -0.4 is 10.9 Å². The van der Waals surface area contributed by atoms with Crippen LogP contribution in [0.1, 0.15) is 26.6 Å². The van der Waals surface area contributed by atoms with E-state index in [2.05, 4.69) is 25.5 Å². The number of carbonyl (C=O) groups is 1. The standard InChI is InChI=1S/C15H15N5O2S/c1-8-9(2)23-15-12(8)14(22)19-11(20-15)4-5-16-13(21)10-3-6-17-18-7-10/h3,6-7H,4-5H2,1-2H3,(H,16,21)(H,19,20,22). The summed E-state index contributed by atoms with van der Waals surface area (Å²) in [6.07, 6.45) is 3.31. The van der Waals surface area contributed by atoms with Gasteiger partial charge in [0.2, 0.25) is 0 Å². The lowest BCUT2D eigenvalue weighted by Crippen LogP contribution is -2.27. The molecule has 0 atom stereocenters. The van der Waals surface area contributed by atoms with Crippen molar-refractivity contribution in [2.24, 2.45) is 0 Å². The molecule has 0 aromatic carbocycles. The number of nitrogens with one attached hydrogen (secondary N) is 2. The van der Waals surface area contributed by atoms with Crippen LogP contribution in [0.15, 0.2) is 23.3 Å².